The normalized spacial score (nSPS) is 13.1. The standard InChI is InChI=1S/C7H15N3/c1-3-10(2)5-4-7(9)6-8/h7H,3-5,9H2,1-2H3. The second-order valence-electron chi connectivity index (χ2n) is 2.42. The summed E-state index contributed by atoms with van der Waals surface area (Å²) in [6.45, 7) is 4.00. The van der Waals surface area contributed by atoms with Gasteiger partial charge in [0.25, 0.3) is 0 Å². The van der Waals surface area contributed by atoms with E-state index in [9.17, 15) is 0 Å². The first kappa shape index (κ1) is 9.41. The van der Waals surface area contributed by atoms with E-state index >= 15 is 0 Å². The summed E-state index contributed by atoms with van der Waals surface area (Å²) in [5.41, 5.74) is 5.39. The third kappa shape index (κ3) is 4.30. The van der Waals surface area contributed by atoms with Crippen molar-refractivity contribution in [1.82, 2.24) is 4.90 Å². The predicted molar refractivity (Wildman–Crippen MR) is 41.4 cm³/mol. The molecule has 0 aromatic carbocycles. The number of rotatable bonds is 4. The summed E-state index contributed by atoms with van der Waals surface area (Å²) >= 11 is 0. The molecule has 0 aliphatic rings. The Hall–Kier alpha value is -0.590. The highest BCUT2D eigenvalue weighted by Gasteiger charge is 2.00. The fraction of sp³-hybridized carbons (Fsp3) is 0.857. The Morgan fingerprint density at radius 1 is 1.70 bits per heavy atom. The van der Waals surface area contributed by atoms with Gasteiger partial charge in [-0.2, -0.15) is 5.26 Å². The number of nitriles is 1. The molecular weight excluding hydrogens is 126 g/mol. The lowest BCUT2D eigenvalue weighted by molar-refractivity contribution is 0.342. The molecule has 0 heterocycles. The van der Waals surface area contributed by atoms with E-state index in [-0.39, 0.29) is 6.04 Å². The molecule has 0 saturated heterocycles. The van der Waals surface area contributed by atoms with Crippen LogP contribution in [0.25, 0.3) is 0 Å². The van der Waals surface area contributed by atoms with Crippen LogP contribution in [0.3, 0.4) is 0 Å². The van der Waals surface area contributed by atoms with Gasteiger partial charge in [-0.15, -0.1) is 0 Å². The van der Waals surface area contributed by atoms with E-state index in [4.69, 9.17) is 11.0 Å². The molecule has 10 heavy (non-hydrogen) atoms. The van der Waals surface area contributed by atoms with E-state index in [1.807, 2.05) is 13.1 Å². The summed E-state index contributed by atoms with van der Waals surface area (Å²) in [4.78, 5) is 2.14. The van der Waals surface area contributed by atoms with Gasteiger partial charge in [0, 0.05) is 6.54 Å². The van der Waals surface area contributed by atoms with Crippen LogP contribution < -0.4 is 5.73 Å². The molecule has 0 radical (unpaired) electrons. The van der Waals surface area contributed by atoms with Crippen LogP contribution in [0.1, 0.15) is 13.3 Å². The summed E-state index contributed by atoms with van der Waals surface area (Å²) in [5, 5.41) is 8.33. The lowest BCUT2D eigenvalue weighted by atomic mass is 10.2. The molecular formula is C7H15N3. The van der Waals surface area contributed by atoms with Crippen LogP contribution in [0.15, 0.2) is 0 Å². The first-order valence-electron chi connectivity index (χ1n) is 3.54. The molecule has 1 unspecified atom stereocenters. The molecule has 0 fully saturated rings. The molecule has 0 saturated carbocycles. The largest absolute Gasteiger partial charge is 0.316 e. The van der Waals surface area contributed by atoms with Crippen LogP contribution in [0.4, 0.5) is 0 Å². The Morgan fingerprint density at radius 2 is 2.30 bits per heavy atom. The van der Waals surface area contributed by atoms with Gasteiger partial charge in [-0.1, -0.05) is 6.92 Å². The van der Waals surface area contributed by atoms with E-state index < -0.39 is 0 Å². The highest BCUT2D eigenvalue weighted by Crippen LogP contribution is 1.89. The molecule has 1 atom stereocenters. The van der Waals surface area contributed by atoms with Crippen LogP contribution in [0.5, 0.6) is 0 Å². The average molecular weight is 141 g/mol. The molecule has 0 aromatic rings. The highest BCUT2D eigenvalue weighted by molar-refractivity contribution is 4.86. The maximum atomic E-state index is 8.33. The van der Waals surface area contributed by atoms with Gasteiger partial charge in [-0.05, 0) is 20.0 Å². The van der Waals surface area contributed by atoms with Crippen LogP contribution in [-0.4, -0.2) is 31.1 Å². The molecule has 0 bridgehead atoms. The van der Waals surface area contributed by atoms with Crippen LogP contribution >= 0.6 is 0 Å². The quantitative estimate of drug-likeness (QED) is 0.607. The molecule has 0 rings (SSSR count). The van der Waals surface area contributed by atoms with Gasteiger partial charge >= 0.3 is 0 Å². The molecule has 3 heteroatoms. The molecule has 0 aromatic heterocycles. The molecule has 3 nitrogen and oxygen atoms in total. The van der Waals surface area contributed by atoms with Crippen LogP contribution in [0.2, 0.25) is 0 Å². The fourth-order valence-corrected chi connectivity index (χ4v) is 0.582. The third-order valence-corrected chi connectivity index (χ3v) is 1.53. The number of hydrogen-bond donors (Lipinski definition) is 1. The molecule has 0 aliphatic heterocycles. The zero-order valence-electron chi connectivity index (χ0n) is 6.67. The molecule has 0 spiro atoms. The van der Waals surface area contributed by atoms with Crippen LogP contribution in [-0.2, 0) is 0 Å². The highest BCUT2D eigenvalue weighted by atomic mass is 15.1. The summed E-state index contributed by atoms with van der Waals surface area (Å²) < 4.78 is 0. The summed E-state index contributed by atoms with van der Waals surface area (Å²) in [7, 11) is 2.02. The minimum atomic E-state index is -0.297. The first-order valence-corrected chi connectivity index (χ1v) is 3.54. The van der Waals surface area contributed by atoms with Gasteiger partial charge in [0.2, 0.25) is 0 Å². The van der Waals surface area contributed by atoms with Crippen molar-refractivity contribution in [3.8, 4) is 6.07 Å². The average Bonchev–Trinajstić information content (AvgIpc) is 1.99. The van der Waals surface area contributed by atoms with Gasteiger partial charge in [0.15, 0.2) is 0 Å². The smallest absolute Gasteiger partial charge is 0.0940 e. The Bertz CT molecular complexity index is 117. The van der Waals surface area contributed by atoms with E-state index in [0.29, 0.717) is 0 Å². The maximum Gasteiger partial charge on any atom is 0.0940 e. The molecule has 0 aliphatic carbocycles. The van der Waals surface area contributed by atoms with Crippen molar-refractivity contribution in [3.63, 3.8) is 0 Å². The Morgan fingerprint density at radius 3 is 2.70 bits per heavy atom. The number of nitrogens with zero attached hydrogens (tertiary/aromatic N) is 2. The van der Waals surface area contributed by atoms with Crippen LogP contribution in [0, 0.1) is 11.3 Å². The SMILES string of the molecule is CCN(C)CCC(N)C#N. The first-order chi connectivity index (χ1) is 4.70. The maximum absolute atomic E-state index is 8.33. The zero-order chi connectivity index (χ0) is 7.98. The lowest BCUT2D eigenvalue weighted by Crippen LogP contribution is -2.26. The van der Waals surface area contributed by atoms with E-state index in [1.54, 1.807) is 0 Å². The van der Waals surface area contributed by atoms with Gasteiger partial charge in [0.05, 0.1) is 12.1 Å². The second-order valence-corrected chi connectivity index (χ2v) is 2.42. The Labute approximate surface area is 62.4 Å². The minimum absolute atomic E-state index is 0.297. The second kappa shape index (κ2) is 5.21. The van der Waals surface area contributed by atoms with Crippen molar-refractivity contribution in [2.75, 3.05) is 20.1 Å². The Kier molecular flexibility index (Phi) is 4.91. The van der Waals surface area contributed by atoms with E-state index in [0.717, 1.165) is 19.5 Å². The van der Waals surface area contributed by atoms with E-state index in [2.05, 4.69) is 11.8 Å². The predicted octanol–water partition coefficient (Wildman–Crippen LogP) is 0.179. The minimum Gasteiger partial charge on any atom is -0.316 e. The lowest BCUT2D eigenvalue weighted by Gasteiger charge is -2.13. The zero-order valence-corrected chi connectivity index (χ0v) is 6.67. The van der Waals surface area contributed by atoms with Crippen molar-refractivity contribution in [2.24, 2.45) is 5.73 Å². The Balaban J connectivity index is 3.28. The van der Waals surface area contributed by atoms with Crippen molar-refractivity contribution >= 4 is 0 Å². The fourth-order valence-electron chi connectivity index (χ4n) is 0.582. The van der Waals surface area contributed by atoms with Crippen molar-refractivity contribution < 1.29 is 0 Å². The third-order valence-electron chi connectivity index (χ3n) is 1.53. The van der Waals surface area contributed by atoms with E-state index in [1.165, 1.54) is 0 Å². The topological polar surface area (TPSA) is 53.0 Å². The van der Waals surface area contributed by atoms with Crippen molar-refractivity contribution in [3.05, 3.63) is 0 Å². The van der Waals surface area contributed by atoms with Gasteiger partial charge in [0.1, 0.15) is 0 Å². The molecule has 0 amide bonds. The molecule has 2 N–H and O–H groups in total. The van der Waals surface area contributed by atoms with Gasteiger partial charge in [-0.25, -0.2) is 0 Å². The van der Waals surface area contributed by atoms with Crippen molar-refractivity contribution in [1.29, 1.82) is 5.26 Å². The van der Waals surface area contributed by atoms with Gasteiger partial charge < -0.3 is 10.6 Å². The number of hydrogen-bond acceptors (Lipinski definition) is 3. The molecule has 58 valence electrons. The van der Waals surface area contributed by atoms with Crippen molar-refractivity contribution in [2.45, 2.75) is 19.4 Å². The summed E-state index contributed by atoms with van der Waals surface area (Å²) in [5.74, 6) is 0. The summed E-state index contributed by atoms with van der Waals surface area (Å²) in [6.07, 6.45) is 0.765. The van der Waals surface area contributed by atoms with Gasteiger partial charge in [-0.3, -0.25) is 0 Å². The summed E-state index contributed by atoms with van der Waals surface area (Å²) in [6, 6.07) is 1.70. The monoisotopic (exact) mass is 141 g/mol. The number of nitrogens with two attached hydrogens (primary N) is 1.